The second-order valence-corrected chi connectivity index (χ2v) is 9.18. The number of hydrogen-bond acceptors (Lipinski definition) is 5. The summed E-state index contributed by atoms with van der Waals surface area (Å²) in [5.41, 5.74) is 4.04. The van der Waals surface area contributed by atoms with E-state index in [2.05, 4.69) is 15.9 Å². The maximum Gasteiger partial charge on any atom is 0.379 e. The highest BCUT2D eigenvalue weighted by Crippen LogP contribution is 2.35. The minimum absolute atomic E-state index is 0.0835. The molecule has 1 aliphatic rings. The quantitative estimate of drug-likeness (QED) is 0.134. The number of hydrogen-bond donors (Lipinski definition) is 0. The monoisotopic (exact) mass is 536 g/mol. The molecule has 2 heterocycles. The van der Waals surface area contributed by atoms with Crippen molar-refractivity contribution in [2.24, 2.45) is 0 Å². The Morgan fingerprint density at radius 3 is 2.42 bits per heavy atom. The second kappa shape index (κ2) is 8.98. The van der Waals surface area contributed by atoms with Gasteiger partial charge in [-0.1, -0.05) is 70.5 Å². The van der Waals surface area contributed by atoms with Gasteiger partial charge in [0.15, 0.2) is 5.76 Å². The molecule has 0 saturated heterocycles. The largest absolute Gasteiger partial charge is 0.452 e. The SMILES string of the molecule is O=C(Oc1ccc2c(c1)O/C(=C\c1ccc(-c3ccccc3)cc1)C2=O)c1cc2cc(Br)ccc2o1. The molecule has 36 heavy (non-hydrogen) atoms. The highest BCUT2D eigenvalue weighted by Gasteiger charge is 2.28. The molecule has 174 valence electrons. The van der Waals surface area contributed by atoms with Crippen LogP contribution in [0.25, 0.3) is 28.2 Å². The molecule has 0 unspecified atom stereocenters. The van der Waals surface area contributed by atoms with E-state index in [1.165, 1.54) is 6.07 Å². The molecule has 6 heteroatoms. The third-order valence-corrected chi connectivity index (χ3v) is 6.34. The Balaban J connectivity index is 1.19. The number of furan rings is 1. The molecule has 5 aromatic rings. The van der Waals surface area contributed by atoms with Crippen LogP contribution in [0.3, 0.4) is 0 Å². The Hall–Kier alpha value is -4.42. The summed E-state index contributed by atoms with van der Waals surface area (Å²) >= 11 is 3.40. The van der Waals surface area contributed by atoms with Gasteiger partial charge in [0.2, 0.25) is 11.5 Å². The van der Waals surface area contributed by atoms with Crippen molar-refractivity contribution in [3.05, 3.63) is 124 Å². The van der Waals surface area contributed by atoms with Crippen molar-refractivity contribution < 1.29 is 23.5 Å². The number of halogens is 1. The lowest BCUT2D eigenvalue weighted by atomic mass is 10.0. The van der Waals surface area contributed by atoms with Crippen molar-refractivity contribution >= 4 is 44.7 Å². The molecule has 4 aromatic carbocycles. The Bertz CT molecular complexity index is 1660. The lowest BCUT2D eigenvalue weighted by molar-refractivity contribution is 0.0703. The van der Waals surface area contributed by atoms with Gasteiger partial charge in [0.25, 0.3) is 0 Å². The predicted octanol–water partition coefficient (Wildman–Crippen LogP) is 7.70. The van der Waals surface area contributed by atoms with Gasteiger partial charge in [0, 0.05) is 15.9 Å². The van der Waals surface area contributed by atoms with E-state index in [0.717, 1.165) is 26.5 Å². The van der Waals surface area contributed by atoms with Crippen LogP contribution in [0.4, 0.5) is 0 Å². The Morgan fingerprint density at radius 2 is 1.61 bits per heavy atom. The number of esters is 1. The molecule has 0 amide bonds. The number of rotatable bonds is 4. The van der Waals surface area contributed by atoms with E-state index >= 15 is 0 Å². The number of allylic oxidation sites excluding steroid dienone is 1. The maximum absolute atomic E-state index is 12.9. The Morgan fingerprint density at radius 1 is 0.833 bits per heavy atom. The van der Waals surface area contributed by atoms with Crippen molar-refractivity contribution in [3.8, 4) is 22.6 Å². The van der Waals surface area contributed by atoms with Gasteiger partial charge in [-0.3, -0.25) is 4.79 Å². The first-order chi connectivity index (χ1) is 17.5. The molecular formula is C30H17BrO5. The van der Waals surface area contributed by atoms with Crippen molar-refractivity contribution in [1.29, 1.82) is 0 Å². The van der Waals surface area contributed by atoms with Crippen molar-refractivity contribution in [2.45, 2.75) is 0 Å². The van der Waals surface area contributed by atoms with Crippen LogP contribution in [-0.2, 0) is 0 Å². The number of ketones is 1. The van der Waals surface area contributed by atoms with Crippen LogP contribution >= 0.6 is 15.9 Å². The Labute approximate surface area is 214 Å². The molecular weight excluding hydrogens is 520 g/mol. The molecule has 0 N–H and O–H groups in total. The Kier molecular flexibility index (Phi) is 5.51. The molecule has 0 atom stereocenters. The van der Waals surface area contributed by atoms with E-state index in [0.29, 0.717) is 16.9 Å². The van der Waals surface area contributed by atoms with Crippen LogP contribution in [0, 0.1) is 0 Å². The van der Waals surface area contributed by atoms with E-state index in [1.807, 2.05) is 66.7 Å². The van der Waals surface area contributed by atoms with Crippen LogP contribution < -0.4 is 9.47 Å². The van der Waals surface area contributed by atoms with E-state index in [-0.39, 0.29) is 23.1 Å². The number of fused-ring (bicyclic) bond motifs is 2. The summed E-state index contributed by atoms with van der Waals surface area (Å²) in [5, 5.41) is 0.783. The van der Waals surface area contributed by atoms with Crippen LogP contribution in [-0.4, -0.2) is 11.8 Å². The van der Waals surface area contributed by atoms with Crippen LogP contribution in [0.1, 0.15) is 26.5 Å². The summed E-state index contributed by atoms with van der Waals surface area (Å²) in [5.74, 6) is 0.0234. The van der Waals surface area contributed by atoms with Crippen LogP contribution in [0.15, 0.2) is 112 Å². The van der Waals surface area contributed by atoms with E-state index in [4.69, 9.17) is 13.9 Å². The summed E-state index contributed by atoms with van der Waals surface area (Å²) < 4.78 is 17.8. The fraction of sp³-hybridized carbons (Fsp3) is 0. The van der Waals surface area contributed by atoms with Gasteiger partial charge in [-0.25, -0.2) is 4.79 Å². The highest BCUT2D eigenvalue weighted by atomic mass is 79.9. The van der Waals surface area contributed by atoms with Gasteiger partial charge in [0.05, 0.1) is 5.56 Å². The number of carbonyl (C=O) groups excluding carboxylic acids is 2. The normalized spacial score (nSPS) is 13.6. The van der Waals surface area contributed by atoms with Gasteiger partial charge in [-0.05, 0) is 59.2 Å². The average Bonchev–Trinajstić information content (AvgIpc) is 3.45. The van der Waals surface area contributed by atoms with Crippen LogP contribution in [0.5, 0.6) is 11.5 Å². The number of carbonyl (C=O) groups is 2. The molecule has 1 aromatic heterocycles. The zero-order chi connectivity index (χ0) is 24.6. The maximum atomic E-state index is 12.9. The summed E-state index contributed by atoms with van der Waals surface area (Å²) in [6.07, 6.45) is 1.70. The standard InChI is InChI=1S/C30H17BrO5/c31-22-10-13-25-21(15-22)16-28(35-25)30(33)34-23-11-12-24-26(17-23)36-27(29(24)32)14-18-6-8-20(9-7-18)19-4-2-1-3-5-19/h1-17H/b27-14-. The minimum Gasteiger partial charge on any atom is -0.452 e. The van der Waals surface area contributed by atoms with E-state index < -0.39 is 5.97 Å². The predicted molar refractivity (Wildman–Crippen MR) is 140 cm³/mol. The van der Waals surface area contributed by atoms with Crippen molar-refractivity contribution in [3.63, 3.8) is 0 Å². The molecule has 5 nitrogen and oxygen atoms in total. The topological polar surface area (TPSA) is 65.7 Å². The fourth-order valence-corrected chi connectivity index (χ4v) is 4.44. The lowest BCUT2D eigenvalue weighted by Gasteiger charge is -2.04. The van der Waals surface area contributed by atoms with Gasteiger partial charge >= 0.3 is 5.97 Å². The number of benzene rings is 4. The molecule has 0 bridgehead atoms. The van der Waals surface area contributed by atoms with E-state index in [9.17, 15) is 9.59 Å². The van der Waals surface area contributed by atoms with Crippen LogP contribution in [0.2, 0.25) is 0 Å². The first-order valence-corrected chi connectivity index (χ1v) is 12.0. The molecule has 6 rings (SSSR count). The average molecular weight is 537 g/mol. The molecule has 0 fully saturated rings. The van der Waals surface area contributed by atoms with Gasteiger partial charge in [0.1, 0.15) is 17.1 Å². The first-order valence-electron chi connectivity index (χ1n) is 11.2. The minimum atomic E-state index is -0.638. The first kappa shape index (κ1) is 22.1. The van der Waals surface area contributed by atoms with Gasteiger partial charge in [-0.2, -0.15) is 0 Å². The molecule has 1 aliphatic heterocycles. The zero-order valence-corrected chi connectivity index (χ0v) is 20.3. The van der Waals surface area contributed by atoms with Crippen molar-refractivity contribution in [2.75, 3.05) is 0 Å². The van der Waals surface area contributed by atoms with E-state index in [1.54, 1.807) is 30.3 Å². The van der Waals surface area contributed by atoms with Crippen molar-refractivity contribution in [1.82, 2.24) is 0 Å². The summed E-state index contributed by atoms with van der Waals surface area (Å²) in [4.78, 5) is 25.5. The number of ether oxygens (including phenoxy) is 2. The summed E-state index contributed by atoms with van der Waals surface area (Å²) in [6, 6.07) is 29.7. The molecule has 0 radical (unpaired) electrons. The smallest absolute Gasteiger partial charge is 0.379 e. The highest BCUT2D eigenvalue weighted by molar-refractivity contribution is 9.10. The third kappa shape index (κ3) is 4.23. The molecule has 0 spiro atoms. The zero-order valence-electron chi connectivity index (χ0n) is 18.7. The molecule has 0 aliphatic carbocycles. The van der Waals surface area contributed by atoms with Gasteiger partial charge in [-0.15, -0.1) is 0 Å². The number of Topliss-reactive ketones (excluding diaryl/α,β-unsaturated/α-hetero) is 1. The molecule has 0 saturated carbocycles. The summed E-state index contributed by atoms with van der Waals surface area (Å²) in [7, 11) is 0. The summed E-state index contributed by atoms with van der Waals surface area (Å²) in [6.45, 7) is 0. The van der Waals surface area contributed by atoms with Gasteiger partial charge < -0.3 is 13.9 Å². The second-order valence-electron chi connectivity index (χ2n) is 8.27. The lowest BCUT2D eigenvalue weighted by Crippen LogP contribution is -2.07. The third-order valence-electron chi connectivity index (χ3n) is 5.85. The fourth-order valence-electron chi connectivity index (χ4n) is 4.06.